The van der Waals surface area contributed by atoms with Crippen LogP contribution in [0.1, 0.15) is 5.56 Å². The minimum Gasteiger partial charge on any atom is -0.493 e. The van der Waals surface area contributed by atoms with Gasteiger partial charge in [0, 0.05) is 27.3 Å². The molecule has 0 N–H and O–H groups in total. The normalized spacial score (nSPS) is 8.86. The van der Waals surface area contributed by atoms with Gasteiger partial charge in [-0.05, 0) is 24.6 Å². The maximum atomic E-state index is 5.16. The molecule has 0 spiro atoms. The first-order valence-electron chi connectivity index (χ1n) is 3.99. The van der Waals surface area contributed by atoms with Crippen LogP contribution in [0.3, 0.4) is 0 Å². The van der Waals surface area contributed by atoms with Gasteiger partial charge in [0.15, 0.2) is 11.5 Å². The van der Waals surface area contributed by atoms with Gasteiger partial charge in [0.1, 0.15) is 0 Å². The Labute approximate surface area is 105 Å². The van der Waals surface area contributed by atoms with Crippen molar-refractivity contribution in [1.29, 1.82) is 0 Å². The standard InChI is InChI=1S/C10H14O3.Cd/c1-7-5-8(11-2)10(13-4)9(6-7)12-3;/h5-6H,1-4H3;. The van der Waals surface area contributed by atoms with E-state index in [0.29, 0.717) is 17.2 Å². The van der Waals surface area contributed by atoms with Crippen molar-refractivity contribution in [1.82, 2.24) is 0 Å². The molecule has 0 fully saturated rings. The summed E-state index contributed by atoms with van der Waals surface area (Å²) in [4.78, 5) is 0. The number of benzene rings is 1. The summed E-state index contributed by atoms with van der Waals surface area (Å²) in [7, 11) is 4.81. The van der Waals surface area contributed by atoms with E-state index in [2.05, 4.69) is 0 Å². The first-order valence-corrected chi connectivity index (χ1v) is 3.99. The van der Waals surface area contributed by atoms with E-state index < -0.39 is 0 Å². The number of hydrogen-bond donors (Lipinski definition) is 0. The molecule has 3 nitrogen and oxygen atoms in total. The van der Waals surface area contributed by atoms with Crippen molar-refractivity contribution in [2.75, 3.05) is 21.3 Å². The fourth-order valence-corrected chi connectivity index (χ4v) is 1.21. The van der Waals surface area contributed by atoms with Crippen LogP contribution >= 0.6 is 0 Å². The molecule has 0 aliphatic carbocycles. The van der Waals surface area contributed by atoms with Crippen LogP contribution in [0.5, 0.6) is 17.2 Å². The average molecular weight is 295 g/mol. The largest absolute Gasteiger partial charge is 0.493 e. The van der Waals surface area contributed by atoms with Gasteiger partial charge in [-0.25, -0.2) is 0 Å². The van der Waals surface area contributed by atoms with E-state index in [9.17, 15) is 0 Å². The minimum atomic E-state index is 0. The molecule has 0 heterocycles. The van der Waals surface area contributed by atoms with Crippen molar-refractivity contribution in [3.63, 3.8) is 0 Å². The van der Waals surface area contributed by atoms with E-state index in [1.807, 2.05) is 19.1 Å². The van der Waals surface area contributed by atoms with Crippen molar-refractivity contribution in [2.24, 2.45) is 0 Å². The molecule has 0 aromatic heterocycles. The van der Waals surface area contributed by atoms with Gasteiger partial charge < -0.3 is 14.2 Å². The fourth-order valence-electron chi connectivity index (χ4n) is 1.21. The van der Waals surface area contributed by atoms with Crippen LogP contribution in [0.15, 0.2) is 12.1 Å². The molecule has 1 rings (SSSR count). The quantitative estimate of drug-likeness (QED) is 0.798. The third-order valence-electron chi connectivity index (χ3n) is 1.81. The molecule has 0 amide bonds. The number of aryl methyl sites for hydroxylation is 1. The first-order chi connectivity index (χ1) is 6.22. The van der Waals surface area contributed by atoms with E-state index >= 15 is 0 Å². The molecule has 14 heavy (non-hydrogen) atoms. The number of rotatable bonds is 3. The molecular weight excluding hydrogens is 281 g/mol. The van der Waals surface area contributed by atoms with Gasteiger partial charge in [0.05, 0.1) is 21.3 Å². The van der Waals surface area contributed by atoms with Crippen LogP contribution < -0.4 is 14.2 Å². The van der Waals surface area contributed by atoms with E-state index in [1.165, 1.54) is 0 Å². The van der Waals surface area contributed by atoms with Gasteiger partial charge in [0.25, 0.3) is 0 Å². The molecule has 0 aliphatic heterocycles. The van der Waals surface area contributed by atoms with Crippen molar-refractivity contribution in [3.05, 3.63) is 17.7 Å². The van der Waals surface area contributed by atoms with Crippen molar-refractivity contribution in [2.45, 2.75) is 6.92 Å². The van der Waals surface area contributed by atoms with Crippen LogP contribution in [0.2, 0.25) is 0 Å². The minimum absolute atomic E-state index is 0. The van der Waals surface area contributed by atoms with Crippen molar-refractivity contribution in [3.8, 4) is 17.2 Å². The Morgan fingerprint density at radius 3 is 1.57 bits per heavy atom. The van der Waals surface area contributed by atoms with Crippen molar-refractivity contribution >= 4 is 0 Å². The summed E-state index contributed by atoms with van der Waals surface area (Å²) in [6.07, 6.45) is 0. The molecule has 1 aromatic rings. The summed E-state index contributed by atoms with van der Waals surface area (Å²) in [5.74, 6) is 2.02. The molecule has 0 saturated carbocycles. The smallest absolute Gasteiger partial charge is 0.203 e. The maximum Gasteiger partial charge on any atom is 0.203 e. The summed E-state index contributed by atoms with van der Waals surface area (Å²) in [5.41, 5.74) is 1.08. The summed E-state index contributed by atoms with van der Waals surface area (Å²) >= 11 is 0. The molecular formula is C10H14CdO3. The zero-order chi connectivity index (χ0) is 9.84. The van der Waals surface area contributed by atoms with Crippen LogP contribution in [0.4, 0.5) is 0 Å². The topological polar surface area (TPSA) is 27.7 Å². The van der Waals surface area contributed by atoms with E-state index in [4.69, 9.17) is 14.2 Å². The molecule has 0 saturated heterocycles. The Morgan fingerprint density at radius 2 is 1.29 bits per heavy atom. The number of hydrogen-bond acceptors (Lipinski definition) is 3. The third kappa shape index (κ3) is 2.76. The van der Waals surface area contributed by atoms with Gasteiger partial charge in [0.2, 0.25) is 5.75 Å². The fraction of sp³-hybridized carbons (Fsp3) is 0.400. The van der Waals surface area contributed by atoms with E-state index in [1.54, 1.807) is 21.3 Å². The second kappa shape index (κ2) is 6.11. The monoisotopic (exact) mass is 296 g/mol. The Hall–Kier alpha value is -0.458. The maximum absolute atomic E-state index is 5.16. The second-order valence-electron chi connectivity index (χ2n) is 2.70. The summed E-state index contributed by atoms with van der Waals surface area (Å²) in [6, 6.07) is 3.81. The Kier molecular flexibility index (Phi) is 5.91. The Morgan fingerprint density at radius 1 is 0.857 bits per heavy atom. The second-order valence-corrected chi connectivity index (χ2v) is 2.70. The van der Waals surface area contributed by atoms with Gasteiger partial charge in [-0.15, -0.1) is 0 Å². The molecule has 0 radical (unpaired) electrons. The van der Waals surface area contributed by atoms with Crippen LogP contribution in [-0.2, 0) is 27.3 Å². The molecule has 0 atom stereocenters. The first kappa shape index (κ1) is 13.5. The summed E-state index contributed by atoms with van der Waals surface area (Å²) in [6.45, 7) is 1.98. The predicted molar refractivity (Wildman–Crippen MR) is 50.8 cm³/mol. The van der Waals surface area contributed by atoms with Crippen LogP contribution in [-0.4, -0.2) is 21.3 Å². The molecule has 4 heteroatoms. The van der Waals surface area contributed by atoms with Crippen LogP contribution in [0, 0.1) is 6.92 Å². The SMILES string of the molecule is COc1cc(C)cc(OC)c1OC.[Cd]. The van der Waals surface area contributed by atoms with E-state index in [0.717, 1.165) is 5.56 Å². The number of methoxy groups -OCH3 is 3. The van der Waals surface area contributed by atoms with Crippen LogP contribution in [0.25, 0.3) is 0 Å². The van der Waals surface area contributed by atoms with E-state index in [-0.39, 0.29) is 27.3 Å². The zero-order valence-electron chi connectivity index (χ0n) is 9.09. The third-order valence-corrected chi connectivity index (χ3v) is 1.81. The summed E-state index contributed by atoms with van der Waals surface area (Å²) in [5, 5.41) is 0. The Bertz CT molecular complexity index is 274. The predicted octanol–water partition coefficient (Wildman–Crippen LogP) is 2.02. The molecule has 0 aliphatic rings. The number of ether oxygens (including phenoxy) is 3. The zero-order valence-corrected chi connectivity index (χ0v) is 13.1. The molecule has 0 unspecified atom stereocenters. The Balaban J connectivity index is 0.00000169. The molecule has 74 valence electrons. The van der Waals surface area contributed by atoms with Gasteiger partial charge in [-0.3, -0.25) is 0 Å². The molecule has 1 aromatic carbocycles. The van der Waals surface area contributed by atoms with Gasteiger partial charge in [-0.1, -0.05) is 0 Å². The van der Waals surface area contributed by atoms with Crippen molar-refractivity contribution < 1.29 is 41.5 Å². The average Bonchev–Trinajstić information content (AvgIpc) is 2.16. The summed E-state index contributed by atoms with van der Waals surface area (Å²) < 4.78 is 15.5. The van der Waals surface area contributed by atoms with Gasteiger partial charge >= 0.3 is 0 Å². The van der Waals surface area contributed by atoms with Gasteiger partial charge in [-0.2, -0.15) is 0 Å². The molecule has 0 bridgehead atoms.